The molecule has 15 nitrogen and oxygen atoms in total. The van der Waals surface area contributed by atoms with Gasteiger partial charge in [0.1, 0.15) is 18.1 Å². The minimum Gasteiger partial charge on any atom is -0.481 e. The number of nitrogens with one attached hydrogen (secondary N) is 3. The number of carbonyl (C=O) groups is 7. The quantitative estimate of drug-likeness (QED) is 0.126. The fourth-order valence-corrected chi connectivity index (χ4v) is 2.20. The van der Waals surface area contributed by atoms with Crippen molar-refractivity contribution in [1.82, 2.24) is 16.0 Å². The van der Waals surface area contributed by atoms with Crippen LogP contribution < -0.4 is 33.2 Å². The van der Waals surface area contributed by atoms with Crippen molar-refractivity contribution in [3.63, 3.8) is 0 Å². The number of hydrogen-bond donors (Lipinski definition) is 8. The summed E-state index contributed by atoms with van der Waals surface area (Å²) in [5.41, 5.74) is 15.3. The van der Waals surface area contributed by atoms with Gasteiger partial charge in [-0.1, -0.05) is 0 Å². The molecule has 0 spiro atoms. The molecule has 0 aliphatic heterocycles. The lowest BCUT2D eigenvalue weighted by Crippen LogP contribution is -2.56. The number of carbonyl (C=O) groups excluding carboxylic acids is 5. The molecule has 11 N–H and O–H groups in total. The number of primary amides is 2. The Balaban J connectivity index is 5.16. The number of rotatable bonds is 14. The van der Waals surface area contributed by atoms with Crippen molar-refractivity contribution in [2.75, 3.05) is 0 Å². The first-order chi connectivity index (χ1) is 14.2. The maximum Gasteiger partial charge on any atom is 0.326 e. The summed E-state index contributed by atoms with van der Waals surface area (Å²) in [6, 6.07) is -5.77. The lowest BCUT2D eigenvalue weighted by Gasteiger charge is -2.23. The third kappa shape index (κ3) is 11.1. The third-order valence-corrected chi connectivity index (χ3v) is 3.81. The SMILES string of the molecule is CC(NC(=O)C(CCC(=O)O)NC(=O)C(N)CC(N)=O)C(=O)NC(CC(N)=O)C(=O)O. The molecule has 174 valence electrons. The van der Waals surface area contributed by atoms with Crippen molar-refractivity contribution in [2.45, 2.75) is 56.8 Å². The Morgan fingerprint density at radius 2 is 1.29 bits per heavy atom. The number of nitrogens with two attached hydrogens (primary N) is 3. The van der Waals surface area contributed by atoms with E-state index >= 15 is 0 Å². The largest absolute Gasteiger partial charge is 0.481 e. The van der Waals surface area contributed by atoms with Gasteiger partial charge in [0.15, 0.2) is 0 Å². The summed E-state index contributed by atoms with van der Waals surface area (Å²) in [5.74, 6) is -7.54. The van der Waals surface area contributed by atoms with Crippen LogP contribution in [-0.4, -0.2) is 75.9 Å². The van der Waals surface area contributed by atoms with E-state index in [1.165, 1.54) is 6.92 Å². The van der Waals surface area contributed by atoms with E-state index in [1.807, 2.05) is 5.32 Å². The number of hydrogen-bond acceptors (Lipinski definition) is 8. The van der Waals surface area contributed by atoms with Crippen LogP contribution in [0.3, 0.4) is 0 Å². The standard InChI is InChI=1S/C16H26N6O9/c1-6(13(27)22-9(16(30)31)5-11(19)24)20-15(29)8(2-3-12(25)26)21-14(28)7(17)4-10(18)23/h6-9H,2-5,17H2,1H3,(H2,18,23)(H2,19,24)(H,20,29)(H,21,28)(H,22,27)(H,25,26)(H,30,31). The zero-order chi connectivity index (χ0) is 24.3. The lowest BCUT2D eigenvalue weighted by molar-refractivity contribution is -0.143. The molecule has 5 amide bonds. The van der Waals surface area contributed by atoms with Crippen LogP contribution in [0.2, 0.25) is 0 Å². The van der Waals surface area contributed by atoms with Gasteiger partial charge in [-0.05, 0) is 13.3 Å². The Morgan fingerprint density at radius 1 is 0.774 bits per heavy atom. The molecule has 0 radical (unpaired) electrons. The van der Waals surface area contributed by atoms with E-state index in [0.717, 1.165) is 0 Å². The van der Waals surface area contributed by atoms with Gasteiger partial charge in [-0.2, -0.15) is 0 Å². The average molecular weight is 446 g/mol. The maximum atomic E-state index is 12.4. The normalized spacial score (nSPS) is 14.3. The van der Waals surface area contributed by atoms with Gasteiger partial charge in [0.25, 0.3) is 0 Å². The molecule has 31 heavy (non-hydrogen) atoms. The van der Waals surface area contributed by atoms with E-state index in [-0.39, 0.29) is 6.42 Å². The molecular weight excluding hydrogens is 420 g/mol. The minimum atomic E-state index is -1.63. The first-order valence-electron chi connectivity index (χ1n) is 8.92. The van der Waals surface area contributed by atoms with E-state index in [2.05, 4.69) is 10.6 Å². The van der Waals surface area contributed by atoms with Gasteiger partial charge in [0.05, 0.1) is 18.9 Å². The third-order valence-electron chi connectivity index (χ3n) is 3.81. The average Bonchev–Trinajstić information content (AvgIpc) is 2.62. The van der Waals surface area contributed by atoms with E-state index in [0.29, 0.717) is 0 Å². The Hall–Kier alpha value is -3.75. The number of aliphatic carboxylic acids is 2. The second-order valence-corrected chi connectivity index (χ2v) is 6.57. The first-order valence-corrected chi connectivity index (χ1v) is 8.92. The molecule has 0 aliphatic carbocycles. The van der Waals surface area contributed by atoms with Crippen LogP contribution in [0.25, 0.3) is 0 Å². The molecule has 0 fully saturated rings. The molecule has 4 unspecified atom stereocenters. The molecule has 0 rings (SSSR count). The number of carboxylic acid groups (broad SMARTS) is 2. The van der Waals surface area contributed by atoms with Crippen molar-refractivity contribution in [1.29, 1.82) is 0 Å². The van der Waals surface area contributed by atoms with Crippen LogP contribution in [0.5, 0.6) is 0 Å². The van der Waals surface area contributed by atoms with Gasteiger partial charge >= 0.3 is 11.9 Å². The molecule has 0 aliphatic rings. The summed E-state index contributed by atoms with van der Waals surface area (Å²) in [5, 5.41) is 24.2. The molecule has 0 saturated heterocycles. The van der Waals surface area contributed by atoms with Gasteiger partial charge in [-0.15, -0.1) is 0 Å². The van der Waals surface area contributed by atoms with Gasteiger partial charge in [-0.3, -0.25) is 28.8 Å². The molecule has 15 heteroatoms. The summed E-state index contributed by atoms with van der Waals surface area (Å²) < 4.78 is 0. The Kier molecular flexibility index (Phi) is 11.2. The molecule has 0 bridgehead atoms. The highest BCUT2D eigenvalue weighted by molar-refractivity contribution is 5.95. The van der Waals surface area contributed by atoms with Gasteiger partial charge in [0.2, 0.25) is 29.5 Å². The van der Waals surface area contributed by atoms with Crippen LogP contribution in [0.1, 0.15) is 32.6 Å². The van der Waals surface area contributed by atoms with E-state index in [9.17, 15) is 33.6 Å². The number of carboxylic acids is 2. The summed E-state index contributed by atoms with van der Waals surface area (Å²) in [6.45, 7) is 1.19. The molecule has 0 aromatic rings. The number of amides is 5. The Bertz CT molecular complexity index is 741. The highest BCUT2D eigenvalue weighted by atomic mass is 16.4. The molecule has 0 aromatic heterocycles. The van der Waals surface area contributed by atoms with Crippen LogP contribution in [0.4, 0.5) is 0 Å². The zero-order valence-corrected chi connectivity index (χ0v) is 16.6. The summed E-state index contributed by atoms with van der Waals surface area (Å²) in [7, 11) is 0. The molecular formula is C16H26N6O9. The monoisotopic (exact) mass is 446 g/mol. The zero-order valence-electron chi connectivity index (χ0n) is 16.6. The fourth-order valence-electron chi connectivity index (χ4n) is 2.20. The maximum absolute atomic E-state index is 12.4. The molecule has 0 aromatic carbocycles. The first kappa shape index (κ1) is 27.2. The Morgan fingerprint density at radius 3 is 1.74 bits per heavy atom. The van der Waals surface area contributed by atoms with Crippen molar-refractivity contribution in [3.8, 4) is 0 Å². The highest BCUT2D eigenvalue weighted by Gasteiger charge is 2.29. The van der Waals surface area contributed by atoms with Crippen LogP contribution in [0, 0.1) is 0 Å². The lowest BCUT2D eigenvalue weighted by atomic mass is 10.1. The topological polar surface area (TPSA) is 274 Å². The fraction of sp³-hybridized carbons (Fsp3) is 0.562. The van der Waals surface area contributed by atoms with E-state index in [4.69, 9.17) is 27.4 Å². The summed E-state index contributed by atoms with van der Waals surface area (Å²) in [4.78, 5) is 80.2. The predicted octanol–water partition coefficient (Wildman–Crippen LogP) is -4.51. The highest BCUT2D eigenvalue weighted by Crippen LogP contribution is 2.02. The van der Waals surface area contributed by atoms with Crippen LogP contribution in [0.15, 0.2) is 0 Å². The van der Waals surface area contributed by atoms with Crippen LogP contribution >= 0.6 is 0 Å². The second-order valence-electron chi connectivity index (χ2n) is 6.57. The van der Waals surface area contributed by atoms with Gasteiger partial charge in [0, 0.05) is 6.42 Å². The van der Waals surface area contributed by atoms with Gasteiger partial charge in [-0.25, -0.2) is 4.79 Å². The predicted molar refractivity (Wildman–Crippen MR) is 102 cm³/mol. The van der Waals surface area contributed by atoms with E-state index in [1.54, 1.807) is 0 Å². The molecule has 0 saturated carbocycles. The van der Waals surface area contributed by atoms with Crippen molar-refractivity contribution < 1.29 is 43.8 Å². The minimum absolute atomic E-state index is 0.371. The van der Waals surface area contributed by atoms with E-state index < -0.39 is 84.9 Å². The van der Waals surface area contributed by atoms with Crippen LogP contribution in [-0.2, 0) is 33.6 Å². The van der Waals surface area contributed by atoms with Crippen molar-refractivity contribution in [3.05, 3.63) is 0 Å². The molecule has 0 heterocycles. The van der Waals surface area contributed by atoms with Gasteiger partial charge < -0.3 is 43.4 Å². The second kappa shape index (κ2) is 12.7. The van der Waals surface area contributed by atoms with Crippen molar-refractivity contribution >= 4 is 41.5 Å². The summed E-state index contributed by atoms with van der Waals surface area (Å²) >= 11 is 0. The summed E-state index contributed by atoms with van der Waals surface area (Å²) in [6.07, 6.45) is -2.10. The smallest absolute Gasteiger partial charge is 0.326 e. The van der Waals surface area contributed by atoms with Crippen molar-refractivity contribution in [2.24, 2.45) is 17.2 Å². The molecule has 4 atom stereocenters. The Labute approximate surface area is 176 Å².